The Bertz CT molecular complexity index is 939. The number of benzene rings is 2. The number of methoxy groups -OCH3 is 1. The van der Waals surface area contributed by atoms with Gasteiger partial charge in [-0.05, 0) is 53.1 Å². The van der Waals surface area contributed by atoms with Crippen molar-refractivity contribution >= 4 is 17.7 Å². The molecule has 144 valence electrons. The number of nitrogens with one attached hydrogen (secondary N) is 1. The molecule has 0 radical (unpaired) electrons. The second-order valence-electron chi connectivity index (χ2n) is 6.78. The van der Waals surface area contributed by atoms with Crippen LogP contribution in [0.25, 0.3) is 5.69 Å². The van der Waals surface area contributed by atoms with Gasteiger partial charge in [-0.15, -0.1) is 5.10 Å². The summed E-state index contributed by atoms with van der Waals surface area (Å²) in [6.07, 6.45) is 2.22. The second kappa shape index (κ2) is 8.02. The SMILES string of the molecule is COc1ccc(-n2nnnc2SCC(=O)NCC2(c3ccccc3)CC2)cc1. The Labute approximate surface area is 167 Å². The molecule has 3 aromatic rings. The van der Waals surface area contributed by atoms with Crippen molar-refractivity contribution in [2.45, 2.75) is 23.4 Å². The number of thioether (sulfide) groups is 1. The molecule has 1 N–H and O–H groups in total. The molecule has 1 aromatic heterocycles. The van der Waals surface area contributed by atoms with Gasteiger partial charge < -0.3 is 10.1 Å². The topological polar surface area (TPSA) is 81.9 Å². The van der Waals surface area contributed by atoms with E-state index in [9.17, 15) is 4.79 Å². The maximum Gasteiger partial charge on any atom is 0.230 e. The fourth-order valence-electron chi connectivity index (χ4n) is 3.11. The Morgan fingerprint density at radius 2 is 1.93 bits per heavy atom. The number of ether oxygens (including phenoxy) is 1. The first kappa shape index (κ1) is 18.5. The standard InChI is InChI=1S/C20H21N5O2S/c1-27-17-9-7-16(8-10-17)25-19(22-23-24-25)28-13-18(26)21-14-20(11-12-20)15-5-3-2-4-6-15/h2-10H,11-14H2,1H3,(H,21,26). The van der Waals surface area contributed by atoms with E-state index < -0.39 is 0 Å². The first-order valence-corrected chi connectivity index (χ1v) is 10.1. The maximum atomic E-state index is 12.3. The Hall–Kier alpha value is -2.87. The lowest BCUT2D eigenvalue weighted by Gasteiger charge is -2.16. The van der Waals surface area contributed by atoms with E-state index in [2.05, 4.69) is 33.0 Å². The number of hydrogen-bond acceptors (Lipinski definition) is 6. The minimum absolute atomic E-state index is 0.0171. The van der Waals surface area contributed by atoms with Crippen LogP contribution in [-0.2, 0) is 10.2 Å². The molecule has 8 heteroatoms. The van der Waals surface area contributed by atoms with Crippen LogP contribution in [0.3, 0.4) is 0 Å². The smallest absolute Gasteiger partial charge is 0.230 e. The molecule has 0 aliphatic heterocycles. The lowest BCUT2D eigenvalue weighted by atomic mass is 9.96. The summed E-state index contributed by atoms with van der Waals surface area (Å²) < 4.78 is 6.78. The van der Waals surface area contributed by atoms with Crippen molar-refractivity contribution < 1.29 is 9.53 Å². The van der Waals surface area contributed by atoms with Gasteiger partial charge >= 0.3 is 0 Å². The van der Waals surface area contributed by atoms with E-state index in [0.29, 0.717) is 11.7 Å². The number of aromatic nitrogens is 4. The minimum Gasteiger partial charge on any atom is -0.497 e. The van der Waals surface area contributed by atoms with E-state index in [0.717, 1.165) is 24.3 Å². The van der Waals surface area contributed by atoms with E-state index in [1.807, 2.05) is 42.5 Å². The highest BCUT2D eigenvalue weighted by molar-refractivity contribution is 7.99. The molecule has 4 rings (SSSR count). The monoisotopic (exact) mass is 395 g/mol. The number of rotatable bonds is 8. The lowest BCUT2D eigenvalue weighted by molar-refractivity contribution is -0.118. The summed E-state index contributed by atoms with van der Waals surface area (Å²) in [5.74, 6) is 1.01. The minimum atomic E-state index is -0.0171. The van der Waals surface area contributed by atoms with Gasteiger partial charge in [-0.25, -0.2) is 0 Å². The summed E-state index contributed by atoms with van der Waals surface area (Å²) in [7, 11) is 1.62. The first-order chi connectivity index (χ1) is 13.7. The highest BCUT2D eigenvalue weighted by Gasteiger charge is 2.44. The lowest BCUT2D eigenvalue weighted by Crippen LogP contribution is -2.33. The Morgan fingerprint density at radius 3 is 2.61 bits per heavy atom. The third-order valence-corrected chi connectivity index (χ3v) is 5.87. The van der Waals surface area contributed by atoms with Crippen LogP contribution in [0.4, 0.5) is 0 Å². The van der Waals surface area contributed by atoms with Crippen LogP contribution in [0.1, 0.15) is 18.4 Å². The van der Waals surface area contributed by atoms with Crippen LogP contribution in [0.15, 0.2) is 59.8 Å². The fraction of sp³-hybridized carbons (Fsp3) is 0.300. The van der Waals surface area contributed by atoms with Crippen LogP contribution in [0.2, 0.25) is 0 Å². The van der Waals surface area contributed by atoms with Crippen LogP contribution < -0.4 is 10.1 Å². The van der Waals surface area contributed by atoms with E-state index in [-0.39, 0.29) is 17.1 Å². The van der Waals surface area contributed by atoms with Gasteiger partial charge in [0.1, 0.15) is 5.75 Å². The Balaban J connectivity index is 1.33. The van der Waals surface area contributed by atoms with Crippen molar-refractivity contribution in [2.75, 3.05) is 19.4 Å². The highest BCUT2D eigenvalue weighted by Crippen LogP contribution is 2.47. The van der Waals surface area contributed by atoms with Crippen LogP contribution in [0, 0.1) is 0 Å². The molecule has 2 aromatic carbocycles. The van der Waals surface area contributed by atoms with Gasteiger partial charge in [0, 0.05) is 12.0 Å². The molecule has 1 heterocycles. The number of amides is 1. The van der Waals surface area contributed by atoms with Crippen molar-refractivity contribution in [3.63, 3.8) is 0 Å². The normalized spacial score (nSPS) is 14.5. The van der Waals surface area contributed by atoms with Crippen molar-refractivity contribution in [3.05, 3.63) is 60.2 Å². The summed E-state index contributed by atoms with van der Waals surface area (Å²) in [5, 5.41) is 15.4. The van der Waals surface area contributed by atoms with Crippen LogP contribution in [0.5, 0.6) is 5.75 Å². The third-order valence-electron chi connectivity index (χ3n) is 4.95. The fourth-order valence-corrected chi connectivity index (χ4v) is 3.83. The summed E-state index contributed by atoms with van der Waals surface area (Å²) in [4.78, 5) is 12.3. The third kappa shape index (κ3) is 4.01. The van der Waals surface area contributed by atoms with Crippen molar-refractivity contribution in [1.82, 2.24) is 25.5 Å². The second-order valence-corrected chi connectivity index (χ2v) is 7.73. The van der Waals surface area contributed by atoms with Gasteiger partial charge in [-0.3, -0.25) is 4.79 Å². The Morgan fingerprint density at radius 1 is 1.18 bits per heavy atom. The quantitative estimate of drug-likeness (QED) is 0.591. The average Bonchev–Trinajstić information content (AvgIpc) is 3.40. The summed E-state index contributed by atoms with van der Waals surface area (Å²) >= 11 is 1.32. The molecule has 0 atom stereocenters. The van der Waals surface area contributed by atoms with E-state index >= 15 is 0 Å². The van der Waals surface area contributed by atoms with Gasteiger partial charge in [-0.2, -0.15) is 4.68 Å². The summed E-state index contributed by atoms with van der Waals surface area (Å²) in [6.45, 7) is 0.666. The predicted molar refractivity (Wildman–Crippen MR) is 107 cm³/mol. The molecule has 0 unspecified atom stereocenters. The van der Waals surface area contributed by atoms with E-state index in [1.165, 1.54) is 17.3 Å². The summed E-state index contributed by atoms with van der Waals surface area (Å²) in [5.41, 5.74) is 2.22. The van der Waals surface area contributed by atoms with Gasteiger partial charge in [0.15, 0.2) is 0 Å². The highest BCUT2D eigenvalue weighted by atomic mass is 32.2. The van der Waals surface area contributed by atoms with Crippen LogP contribution >= 0.6 is 11.8 Å². The molecule has 1 saturated carbocycles. The first-order valence-electron chi connectivity index (χ1n) is 9.08. The van der Waals surface area contributed by atoms with Gasteiger partial charge in [0.25, 0.3) is 0 Å². The largest absolute Gasteiger partial charge is 0.497 e. The van der Waals surface area contributed by atoms with Gasteiger partial charge in [-0.1, -0.05) is 42.1 Å². The number of tetrazole rings is 1. The number of carbonyl (C=O) groups is 1. The number of carbonyl (C=O) groups excluding carboxylic acids is 1. The molecule has 0 bridgehead atoms. The van der Waals surface area contributed by atoms with Crippen LogP contribution in [-0.4, -0.2) is 45.5 Å². The molecule has 1 fully saturated rings. The molecule has 1 amide bonds. The summed E-state index contributed by atoms with van der Waals surface area (Å²) in [6, 6.07) is 17.8. The van der Waals surface area contributed by atoms with E-state index in [4.69, 9.17) is 4.74 Å². The number of nitrogens with zero attached hydrogens (tertiary/aromatic N) is 4. The molecular weight excluding hydrogens is 374 g/mol. The predicted octanol–water partition coefficient (Wildman–Crippen LogP) is 2.61. The maximum absolute atomic E-state index is 12.3. The van der Waals surface area contributed by atoms with Crippen molar-refractivity contribution in [3.8, 4) is 11.4 Å². The van der Waals surface area contributed by atoms with Gasteiger partial charge in [0.05, 0.1) is 18.6 Å². The van der Waals surface area contributed by atoms with Gasteiger partial charge in [0.2, 0.25) is 11.1 Å². The molecule has 1 aliphatic carbocycles. The molecular formula is C20H21N5O2S. The molecule has 28 heavy (non-hydrogen) atoms. The molecule has 0 saturated heterocycles. The van der Waals surface area contributed by atoms with Crippen molar-refractivity contribution in [2.24, 2.45) is 0 Å². The average molecular weight is 395 g/mol. The van der Waals surface area contributed by atoms with E-state index in [1.54, 1.807) is 11.8 Å². The molecule has 0 spiro atoms. The zero-order valence-corrected chi connectivity index (χ0v) is 16.4. The zero-order chi connectivity index (χ0) is 19.4. The number of hydrogen-bond donors (Lipinski definition) is 1. The molecule has 1 aliphatic rings. The molecule has 7 nitrogen and oxygen atoms in total. The van der Waals surface area contributed by atoms with Crippen molar-refractivity contribution in [1.29, 1.82) is 0 Å². The Kier molecular flexibility index (Phi) is 5.29. The zero-order valence-electron chi connectivity index (χ0n) is 15.5.